The topological polar surface area (TPSA) is 29.1 Å². The van der Waals surface area contributed by atoms with Gasteiger partial charge in [0.05, 0.1) is 0 Å². The molecule has 3 rings (SSSR count). The fraction of sp³-hybridized carbons (Fsp3) is 0.909. The van der Waals surface area contributed by atoms with Gasteiger partial charge < -0.3 is 5.32 Å². The zero-order valence-corrected chi connectivity index (χ0v) is 8.12. The highest BCUT2D eigenvalue weighted by Crippen LogP contribution is 2.60. The number of carbonyl (C=O) groups is 1. The molecule has 0 aromatic rings. The van der Waals surface area contributed by atoms with Crippen molar-refractivity contribution in [1.29, 1.82) is 0 Å². The summed E-state index contributed by atoms with van der Waals surface area (Å²) in [6.45, 7) is 1.65. The fourth-order valence-corrected chi connectivity index (χ4v) is 4.33. The van der Waals surface area contributed by atoms with Crippen molar-refractivity contribution in [2.75, 3.05) is 0 Å². The second kappa shape index (κ2) is 2.49. The molecule has 3 aliphatic rings. The standard InChI is InChI=1S/C11H17NO/c1-6(13)12-10-5-8-4-7-2-3-9(8)11(7)10/h7-11H,2-5H2,1H3,(H,12,13). The van der Waals surface area contributed by atoms with Crippen LogP contribution in [0.15, 0.2) is 0 Å². The summed E-state index contributed by atoms with van der Waals surface area (Å²) >= 11 is 0. The number of amides is 1. The molecule has 0 aromatic heterocycles. The molecule has 0 radical (unpaired) electrons. The van der Waals surface area contributed by atoms with Crippen LogP contribution in [0, 0.1) is 23.7 Å². The van der Waals surface area contributed by atoms with Crippen LogP contribution in [0.2, 0.25) is 0 Å². The summed E-state index contributed by atoms with van der Waals surface area (Å²) < 4.78 is 0. The Kier molecular flexibility index (Phi) is 1.50. The molecule has 13 heavy (non-hydrogen) atoms. The molecule has 0 aromatic carbocycles. The molecule has 2 heteroatoms. The van der Waals surface area contributed by atoms with E-state index >= 15 is 0 Å². The molecular weight excluding hydrogens is 162 g/mol. The van der Waals surface area contributed by atoms with Crippen molar-refractivity contribution in [3.63, 3.8) is 0 Å². The highest BCUT2D eigenvalue weighted by atomic mass is 16.1. The van der Waals surface area contributed by atoms with Gasteiger partial charge in [0.15, 0.2) is 0 Å². The lowest BCUT2D eigenvalue weighted by Gasteiger charge is -2.28. The average molecular weight is 179 g/mol. The highest BCUT2D eigenvalue weighted by Gasteiger charge is 2.56. The van der Waals surface area contributed by atoms with Gasteiger partial charge in [-0.25, -0.2) is 0 Å². The smallest absolute Gasteiger partial charge is 0.217 e. The van der Waals surface area contributed by atoms with Crippen molar-refractivity contribution in [3.05, 3.63) is 0 Å². The van der Waals surface area contributed by atoms with Gasteiger partial charge in [-0.2, -0.15) is 0 Å². The van der Waals surface area contributed by atoms with Crippen LogP contribution < -0.4 is 5.32 Å². The first-order chi connectivity index (χ1) is 6.25. The Morgan fingerprint density at radius 2 is 2.08 bits per heavy atom. The van der Waals surface area contributed by atoms with Crippen molar-refractivity contribution in [3.8, 4) is 0 Å². The Morgan fingerprint density at radius 1 is 1.23 bits per heavy atom. The average Bonchev–Trinajstić information content (AvgIpc) is 2.66. The van der Waals surface area contributed by atoms with Crippen molar-refractivity contribution in [2.24, 2.45) is 23.7 Å². The molecule has 0 aliphatic heterocycles. The van der Waals surface area contributed by atoms with Gasteiger partial charge in [-0.3, -0.25) is 4.79 Å². The molecule has 0 heterocycles. The van der Waals surface area contributed by atoms with Crippen molar-refractivity contribution in [1.82, 2.24) is 5.32 Å². The van der Waals surface area contributed by atoms with Crippen molar-refractivity contribution in [2.45, 2.75) is 38.6 Å². The first-order valence-electron chi connectivity index (χ1n) is 5.53. The van der Waals surface area contributed by atoms with E-state index in [1.165, 1.54) is 25.7 Å². The van der Waals surface area contributed by atoms with Crippen LogP contribution in [-0.2, 0) is 4.79 Å². The molecule has 1 amide bonds. The van der Waals surface area contributed by atoms with E-state index in [1.54, 1.807) is 6.92 Å². The Hall–Kier alpha value is -0.530. The van der Waals surface area contributed by atoms with E-state index in [1.807, 2.05) is 0 Å². The predicted molar refractivity (Wildman–Crippen MR) is 50.0 cm³/mol. The molecule has 5 atom stereocenters. The van der Waals surface area contributed by atoms with E-state index in [-0.39, 0.29) is 5.91 Å². The zero-order chi connectivity index (χ0) is 9.00. The molecule has 4 bridgehead atoms. The summed E-state index contributed by atoms with van der Waals surface area (Å²) in [7, 11) is 0. The molecule has 5 unspecified atom stereocenters. The van der Waals surface area contributed by atoms with Crippen LogP contribution in [0.1, 0.15) is 32.6 Å². The second-order valence-corrected chi connectivity index (χ2v) is 5.12. The third-order valence-electron chi connectivity index (χ3n) is 4.53. The van der Waals surface area contributed by atoms with Gasteiger partial charge in [0.25, 0.3) is 0 Å². The van der Waals surface area contributed by atoms with Crippen LogP contribution in [-0.4, -0.2) is 11.9 Å². The van der Waals surface area contributed by atoms with Crippen LogP contribution >= 0.6 is 0 Å². The summed E-state index contributed by atoms with van der Waals surface area (Å²) in [5.41, 5.74) is 0. The van der Waals surface area contributed by atoms with Crippen LogP contribution in [0.4, 0.5) is 0 Å². The number of hydrogen-bond donors (Lipinski definition) is 1. The number of hydrogen-bond acceptors (Lipinski definition) is 1. The third kappa shape index (κ3) is 0.976. The Morgan fingerprint density at radius 3 is 2.69 bits per heavy atom. The van der Waals surface area contributed by atoms with Crippen molar-refractivity contribution >= 4 is 5.91 Å². The lowest BCUT2D eigenvalue weighted by Crippen LogP contribution is -2.39. The first-order valence-corrected chi connectivity index (χ1v) is 5.53. The van der Waals surface area contributed by atoms with Gasteiger partial charge in [0, 0.05) is 13.0 Å². The Balaban J connectivity index is 1.77. The monoisotopic (exact) mass is 179 g/mol. The second-order valence-electron chi connectivity index (χ2n) is 5.12. The van der Waals surface area contributed by atoms with E-state index in [4.69, 9.17) is 0 Å². The van der Waals surface area contributed by atoms with E-state index in [9.17, 15) is 4.79 Å². The molecule has 1 N–H and O–H groups in total. The first kappa shape index (κ1) is 7.84. The molecule has 3 aliphatic carbocycles. The summed E-state index contributed by atoms with van der Waals surface area (Å²) in [4.78, 5) is 11.0. The maximum absolute atomic E-state index is 11.0. The van der Waals surface area contributed by atoms with Crippen LogP contribution in [0.25, 0.3) is 0 Å². The van der Waals surface area contributed by atoms with E-state index < -0.39 is 0 Å². The minimum atomic E-state index is 0.164. The number of nitrogens with one attached hydrogen (secondary N) is 1. The minimum Gasteiger partial charge on any atom is -0.353 e. The van der Waals surface area contributed by atoms with Gasteiger partial charge in [0.2, 0.25) is 5.91 Å². The molecular formula is C11H17NO. The predicted octanol–water partition coefficient (Wildman–Crippen LogP) is 1.56. The minimum absolute atomic E-state index is 0.164. The number of carbonyl (C=O) groups excluding carboxylic acids is 1. The summed E-state index contributed by atoms with van der Waals surface area (Å²) in [5.74, 6) is 3.91. The lowest BCUT2D eigenvalue weighted by molar-refractivity contribution is -0.120. The van der Waals surface area contributed by atoms with Crippen LogP contribution in [0.3, 0.4) is 0 Å². The Labute approximate surface area is 79.1 Å². The van der Waals surface area contributed by atoms with Gasteiger partial charge in [-0.15, -0.1) is 0 Å². The largest absolute Gasteiger partial charge is 0.353 e. The van der Waals surface area contributed by atoms with E-state index in [0.29, 0.717) is 6.04 Å². The highest BCUT2D eigenvalue weighted by molar-refractivity contribution is 5.73. The van der Waals surface area contributed by atoms with E-state index in [0.717, 1.165) is 23.7 Å². The molecule has 0 spiro atoms. The SMILES string of the molecule is CC(=O)NC1CC2CC3CCC2C31. The fourth-order valence-electron chi connectivity index (χ4n) is 4.33. The summed E-state index contributed by atoms with van der Waals surface area (Å²) in [6.07, 6.45) is 5.61. The number of rotatable bonds is 1. The van der Waals surface area contributed by atoms with Crippen LogP contribution in [0.5, 0.6) is 0 Å². The normalized spacial score (nSPS) is 51.3. The van der Waals surface area contributed by atoms with Gasteiger partial charge in [0.1, 0.15) is 0 Å². The molecule has 3 fully saturated rings. The lowest BCUT2D eigenvalue weighted by atomic mass is 9.83. The van der Waals surface area contributed by atoms with E-state index in [2.05, 4.69) is 5.32 Å². The van der Waals surface area contributed by atoms with Gasteiger partial charge in [-0.05, 0) is 49.4 Å². The quantitative estimate of drug-likeness (QED) is 0.650. The molecule has 3 saturated carbocycles. The third-order valence-corrected chi connectivity index (χ3v) is 4.53. The summed E-state index contributed by atoms with van der Waals surface area (Å²) in [5, 5.41) is 3.14. The maximum atomic E-state index is 11.0. The zero-order valence-electron chi connectivity index (χ0n) is 8.12. The molecule has 2 nitrogen and oxygen atoms in total. The molecule has 0 saturated heterocycles. The van der Waals surface area contributed by atoms with Gasteiger partial charge in [-0.1, -0.05) is 0 Å². The Bertz CT molecular complexity index is 250. The maximum Gasteiger partial charge on any atom is 0.217 e. The van der Waals surface area contributed by atoms with Crippen molar-refractivity contribution < 1.29 is 4.79 Å². The summed E-state index contributed by atoms with van der Waals surface area (Å²) in [6, 6.07) is 0.536. The molecule has 72 valence electrons. The van der Waals surface area contributed by atoms with Gasteiger partial charge >= 0.3 is 0 Å².